The Kier molecular flexibility index (Phi) is 6.01. The van der Waals surface area contributed by atoms with Crippen LogP contribution < -0.4 is 15.9 Å². The van der Waals surface area contributed by atoms with E-state index in [0.717, 1.165) is 10.9 Å². The van der Waals surface area contributed by atoms with Gasteiger partial charge in [-0.1, -0.05) is 53.6 Å². The summed E-state index contributed by atoms with van der Waals surface area (Å²) in [6.07, 6.45) is 0. The van der Waals surface area contributed by atoms with Crippen LogP contribution in [0.25, 0.3) is 0 Å². The number of hydrogen-bond donors (Lipinski definition) is 1. The molecule has 3 aromatic carbocycles. The smallest absolute Gasteiger partial charge is 0.282 e. The molecule has 0 spiro atoms. The predicted molar refractivity (Wildman–Crippen MR) is 123 cm³/mol. The van der Waals surface area contributed by atoms with Crippen LogP contribution in [0.5, 0.6) is 0 Å². The van der Waals surface area contributed by atoms with Crippen molar-refractivity contribution >= 4 is 34.0 Å². The summed E-state index contributed by atoms with van der Waals surface area (Å²) >= 11 is 0. The first kappa shape index (κ1) is 21.7. The van der Waals surface area contributed by atoms with Crippen molar-refractivity contribution in [2.45, 2.75) is 46.4 Å². The molecule has 5 heteroatoms. The van der Waals surface area contributed by atoms with Gasteiger partial charge in [0, 0.05) is 0 Å². The summed E-state index contributed by atoms with van der Waals surface area (Å²) in [5, 5.41) is 3.36. The van der Waals surface area contributed by atoms with Crippen LogP contribution in [0.1, 0.15) is 33.4 Å². The Balaban J connectivity index is 2.38. The van der Waals surface area contributed by atoms with Crippen molar-refractivity contribution in [1.82, 2.24) is 0 Å². The zero-order valence-electron chi connectivity index (χ0n) is 17.7. The van der Waals surface area contributed by atoms with E-state index in [-0.39, 0.29) is 4.90 Å². The van der Waals surface area contributed by atoms with Gasteiger partial charge < -0.3 is 0 Å². The highest BCUT2D eigenvalue weighted by atomic mass is 32.2. The van der Waals surface area contributed by atoms with Crippen molar-refractivity contribution in [3.8, 4) is 0 Å². The van der Waals surface area contributed by atoms with E-state index in [0.29, 0.717) is 5.56 Å². The second-order valence-electron chi connectivity index (χ2n) is 7.79. The van der Waals surface area contributed by atoms with Gasteiger partial charge in [0.25, 0.3) is 10.1 Å². The van der Waals surface area contributed by atoms with Gasteiger partial charge in [-0.3, -0.25) is 4.55 Å². The molecule has 152 valence electrons. The van der Waals surface area contributed by atoms with E-state index in [1.807, 2.05) is 13.0 Å². The summed E-state index contributed by atoms with van der Waals surface area (Å²) < 4.78 is 33.8. The van der Waals surface area contributed by atoms with E-state index >= 15 is 0 Å². The second-order valence-corrected chi connectivity index (χ2v) is 11.3. The van der Waals surface area contributed by atoms with E-state index in [2.05, 4.69) is 64.1 Å². The molecule has 0 aliphatic carbocycles. The molecule has 0 bridgehead atoms. The summed E-state index contributed by atoms with van der Waals surface area (Å²) in [6, 6.07) is 16.4. The normalized spacial score (nSPS) is 11.9. The van der Waals surface area contributed by atoms with Gasteiger partial charge in [-0.05, 0) is 93.7 Å². The maximum atomic E-state index is 12.0. The molecule has 0 unspecified atom stereocenters. The maximum Gasteiger partial charge on any atom is 0.294 e. The van der Waals surface area contributed by atoms with Crippen LogP contribution in [-0.4, -0.2) is 13.0 Å². The summed E-state index contributed by atoms with van der Waals surface area (Å²) in [6.45, 7) is 12.1. The van der Waals surface area contributed by atoms with Crippen LogP contribution in [0.3, 0.4) is 0 Å². The third-order valence-electron chi connectivity index (χ3n) is 5.20. The molecule has 0 atom stereocenters. The van der Waals surface area contributed by atoms with Crippen LogP contribution in [-0.2, 0) is 10.1 Å². The molecule has 3 rings (SSSR count). The first-order chi connectivity index (χ1) is 13.5. The number of rotatable bonds is 4. The lowest BCUT2D eigenvalue weighted by Gasteiger charge is -2.26. The van der Waals surface area contributed by atoms with Crippen molar-refractivity contribution in [2.24, 2.45) is 0 Å². The molecule has 29 heavy (non-hydrogen) atoms. The summed E-state index contributed by atoms with van der Waals surface area (Å²) in [7, 11) is -5.28. The van der Waals surface area contributed by atoms with Gasteiger partial charge in [-0.25, -0.2) is 0 Å². The summed E-state index contributed by atoms with van der Waals surface area (Å²) in [5.41, 5.74) is 6.35. The summed E-state index contributed by atoms with van der Waals surface area (Å²) in [4.78, 5) is -0.0138. The molecule has 0 aromatic heterocycles. The molecule has 3 aromatic rings. The first-order valence-electron chi connectivity index (χ1n) is 9.52. The van der Waals surface area contributed by atoms with Gasteiger partial charge in [-0.2, -0.15) is 8.42 Å². The molecule has 3 nitrogen and oxygen atoms in total. The van der Waals surface area contributed by atoms with Crippen molar-refractivity contribution < 1.29 is 13.0 Å². The van der Waals surface area contributed by atoms with Gasteiger partial charge in [0.1, 0.15) is 0 Å². The van der Waals surface area contributed by atoms with Gasteiger partial charge in [-0.15, -0.1) is 0 Å². The molecule has 0 saturated heterocycles. The van der Waals surface area contributed by atoms with Crippen LogP contribution >= 0.6 is 7.92 Å². The van der Waals surface area contributed by atoms with Gasteiger partial charge in [0.2, 0.25) is 0 Å². The highest BCUT2D eigenvalue weighted by molar-refractivity contribution is 7.86. The molecule has 1 N–H and O–H groups in total. The van der Waals surface area contributed by atoms with Gasteiger partial charge in [0.05, 0.1) is 4.90 Å². The van der Waals surface area contributed by atoms with Crippen LogP contribution in [0, 0.1) is 41.5 Å². The number of benzene rings is 3. The minimum atomic E-state index is -4.29. The van der Waals surface area contributed by atoms with Crippen molar-refractivity contribution in [2.75, 3.05) is 0 Å². The molecule has 0 radical (unpaired) electrons. The number of hydrogen-bond acceptors (Lipinski definition) is 2. The molecule has 0 fully saturated rings. The van der Waals surface area contributed by atoms with Crippen molar-refractivity contribution in [3.63, 3.8) is 0 Å². The third-order valence-corrected chi connectivity index (χ3v) is 9.13. The Hall–Kier alpha value is -2.00. The standard InChI is InChI=1S/C24H27O3PS/c1-15-7-9-21(17(3)11-15)28(22-10-8-16(2)12-18(22)4)23-14-24(29(25,26)27)20(6)13-19(23)5/h7-14H,1-6H3,(H,25,26,27). The average Bonchev–Trinajstić information content (AvgIpc) is 2.58. The van der Waals surface area contributed by atoms with E-state index in [4.69, 9.17) is 0 Å². The fourth-order valence-electron chi connectivity index (χ4n) is 3.84. The highest BCUT2D eigenvalue weighted by Gasteiger charge is 2.25. The van der Waals surface area contributed by atoms with Crippen LogP contribution in [0.4, 0.5) is 0 Å². The van der Waals surface area contributed by atoms with Crippen LogP contribution in [0.15, 0.2) is 53.4 Å². The molecule has 0 aliphatic heterocycles. The molecule has 0 saturated carbocycles. The van der Waals surface area contributed by atoms with E-state index in [1.165, 1.54) is 32.9 Å². The quantitative estimate of drug-likeness (QED) is 0.492. The molecule has 0 heterocycles. The predicted octanol–water partition coefficient (Wildman–Crippen LogP) is 4.54. The van der Waals surface area contributed by atoms with Gasteiger partial charge >= 0.3 is 0 Å². The Morgan fingerprint density at radius 1 is 0.621 bits per heavy atom. The first-order valence-corrected chi connectivity index (χ1v) is 12.3. The molecular weight excluding hydrogens is 399 g/mol. The highest BCUT2D eigenvalue weighted by Crippen LogP contribution is 2.38. The Morgan fingerprint density at radius 2 is 1.07 bits per heavy atom. The topological polar surface area (TPSA) is 54.4 Å². The molecule has 0 amide bonds. The van der Waals surface area contributed by atoms with Gasteiger partial charge in [0.15, 0.2) is 0 Å². The zero-order chi connectivity index (χ0) is 21.5. The van der Waals surface area contributed by atoms with Crippen LogP contribution in [0.2, 0.25) is 0 Å². The van der Waals surface area contributed by atoms with E-state index < -0.39 is 18.0 Å². The minimum Gasteiger partial charge on any atom is -0.282 e. The van der Waals surface area contributed by atoms with Crippen molar-refractivity contribution in [1.29, 1.82) is 0 Å². The molecule has 0 aliphatic rings. The minimum absolute atomic E-state index is 0.0138. The SMILES string of the molecule is Cc1ccc(P(c2ccc(C)cc2C)c2cc(S(=O)(=O)O)c(C)cc2C)c(C)c1. The Bertz CT molecular complexity index is 1150. The average molecular weight is 427 g/mol. The fourth-order valence-corrected chi connectivity index (χ4v) is 7.40. The largest absolute Gasteiger partial charge is 0.294 e. The van der Waals surface area contributed by atoms with Crippen molar-refractivity contribution in [3.05, 3.63) is 81.9 Å². The lowest BCUT2D eigenvalue weighted by atomic mass is 10.1. The van der Waals surface area contributed by atoms with E-state index in [1.54, 1.807) is 13.0 Å². The number of aryl methyl sites for hydroxylation is 6. The van der Waals surface area contributed by atoms with E-state index in [9.17, 15) is 13.0 Å². The Labute approximate surface area is 175 Å². The lowest BCUT2D eigenvalue weighted by molar-refractivity contribution is 0.482. The summed E-state index contributed by atoms with van der Waals surface area (Å²) in [5.74, 6) is 0. The molecular formula is C24H27O3PS. The maximum absolute atomic E-state index is 12.0. The monoisotopic (exact) mass is 426 g/mol. The Morgan fingerprint density at radius 3 is 1.48 bits per heavy atom. The zero-order valence-corrected chi connectivity index (χ0v) is 19.4. The lowest BCUT2D eigenvalue weighted by Crippen LogP contribution is -2.26. The second kappa shape index (κ2) is 8.02. The fraction of sp³-hybridized carbons (Fsp3) is 0.250. The third kappa shape index (κ3) is 4.45.